The van der Waals surface area contributed by atoms with E-state index in [1.54, 1.807) is 51.2 Å². The highest BCUT2D eigenvalue weighted by molar-refractivity contribution is 6.13. The molecule has 2 aliphatic carbocycles. The van der Waals surface area contributed by atoms with E-state index in [-0.39, 0.29) is 66.0 Å². The molecule has 1 N–H and O–H groups in total. The molecular formula is C39H41N5O10. The van der Waals surface area contributed by atoms with E-state index in [2.05, 4.69) is 4.98 Å². The number of Topliss-reactive ketones (excluding diaryl/α,β-unsaturated/α-hetero) is 1. The number of carbonyl (C=O) groups is 2. The minimum absolute atomic E-state index is 0.0102. The third-order valence-corrected chi connectivity index (χ3v) is 11.3. The van der Waals surface area contributed by atoms with Crippen molar-refractivity contribution in [3.63, 3.8) is 0 Å². The zero-order valence-corrected chi connectivity index (χ0v) is 31.0. The molecule has 4 atom stereocenters. The number of carbonyl (C=O) groups excluding carboxylic acids is 2. The Morgan fingerprint density at radius 3 is 2.22 bits per heavy atom. The van der Waals surface area contributed by atoms with Gasteiger partial charge in [0.25, 0.3) is 5.56 Å². The fraction of sp³-hybridized carbons (Fsp3) is 0.385. The summed E-state index contributed by atoms with van der Waals surface area (Å²) in [6.07, 6.45) is 6.95. The van der Waals surface area contributed by atoms with Gasteiger partial charge in [0.15, 0.2) is 34.6 Å². The second kappa shape index (κ2) is 13.4. The van der Waals surface area contributed by atoms with Crippen LogP contribution in [0, 0.1) is 17.3 Å². The van der Waals surface area contributed by atoms with Gasteiger partial charge in [0.05, 0.1) is 57.5 Å². The van der Waals surface area contributed by atoms with Crippen LogP contribution in [0.2, 0.25) is 0 Å². The Morgan fingerprint density at radius 2 is 1.57 bits per heavy atom. The maximum Gasteiger partial charge on any atom is 0.347 e. The van der Waals surface area contributed by atoms with E-state index in [1.165, 1.54) is 48.4 Å². The number of benzene rings is 2. The minimum Gasteiger partial charge on any atom is -0.502 e. The second-order valence-corrected chi connectivity index (χ2v) is 14.0. The van der Waals surface area contributed by atoms with Crippen LogP contribution in [0.3, 0.4) is 0 Å². The molecule has 15 heteroatoms. The Labute approximate surface area is 308 Å². The molecule has 1 saturated carbocycles. The van der Waals surface area contributed by atoms with Gasteiger partial charge >= 0.3 is 11.4 Å². The van der Waals surface area contributed by atoms with E-state index in [9.17, 15) is 29.1 Å². The smallest absolute Gasteiger partial charge is 0.347 e. The molecule has 3 heterocycles. The topological polar surface area (TPSA) is 175 Å². The van der Waals surface area contributed by atoms with Crippen molar-refractivity contribution in [2.24, 2.45) is 24.3 Å². The summed E-state index contributed by atoms with van der Waals surface area (Å²) in [6.45, 7) is 3.35. The number of phenols is 1. The van der Waals surface area contributed by atoms with Crippen molar-refractivity contribution in [3.05, 3.63) is 96.2 Å². The number of fused-ring (bicyclic) bond motifs is 5. The van der Waals surface area contributed by atoms with Gasteiger partial charge in [-0.05, 0) is 48.3 Å². The first-order chi connectivity index (χ1) is 25.8. The number of ketones is 2. The van der Waals surface area contributed by atoms with Crippen molar-refractivity contribution in [1.82, 2.24) is 23.5 Å². The number of nitrogens with zero attached hydrogens (tertiary/aromatic N) is 5. The normalized spacial score (nSPS) is 22.0. The standard InChI is InChI=1S/C39H41N5O10/c1-20-14-29(45)24-17-27-22(23(39(24,2)35(20)47)9-8-21-15-32(53-6)34(46)33(16-21)54-7)10-13-43-37(49)42(38(50)44(27)43)12-11-25-36(48)41(3)28-19-31(52-5)30(51-4)18-26(28)40-25/h8-10,14-16,18-19,23-24,27,46H,11-13,17H2,1-7H3/t23-,24-,27+,39-/m0/s1. The molecule has 0 radical (unpaired) electrons. The summed E-state index contributed by atoms with van der Waals surface area (Å²) < 4.78 is 26.7. The monoisotopic (exact) mass is 739 g/mol. The molecule has 2 aromatic heterocycles. The summed E-state index contributed by atoms with van der Waals surface area (Å²) in [6, 6.07) is 5.85. The Morgan fingerprint density at radius 1 is 0.926 bits per heavy atom. The SMILES string of the molecule is COc1cc2nc(CCn3c(=O)n4n(c3=O)[C@@H]3C[C@H]5C(=O)C=C(C)C(=O)[C@@]5(C)[C@@H](C=Cc5cc(OC)c(O)c(OC)c5)C3=CC4)c(=O)n(C)c2cc1OC. The van der Waals surface area contributed by atoms with Gasteiger partial charge in [-0.1, -0.05) is 25.2 Å². The Kier molecular flexibility index (Phi) is 8.98. The maximum absolute atomic E-state index is 14.2. The third-order valence-electron chi connectivity index (χ3n) is 11.3. The fourth-order valence-corrected chi connectivity index (χ4v) is 8.41. The van der Waals surface area contributed by atoms with E-state index in [0.717, 1.165) is 10.1 Å². The lowest BCUT2D eigenvalue weighted by Gasteiger charge is -2.51. The lowest BCUT2D eigenvalue weighted by atomic mass is 9.52. The number of phenolic OH excluding ortho intramolecular Hbond substituents is 1. The Balaban J connectivity index is 1.28. The molecule has 2 aromatic carbocycles. The minimum atomic E-state index is -1.18. The van der Waals surface area contributed by atoms with Gasteiger partial charge in [0.2, 0.25) is 5.75 Å². The Hall–Kier alpha value is -6.12. The second-order valence-electron chi connectivity index (χ2n) is 14.0. The summed E-state index contributed by atoms with van der Waals surface area (Å²) >= 11 is 0. The number of allylic oxidation sites excluding steroid dienone is 5. The molecule has 0 spiro atoms. The molecule has 0 bridgehead atoms. The zero-order chi connectivity index (χ0) is 38.8. The van der Waals surface area contributed by atoms with Crippen molar-refractivity contribution in [1.29, 1.82) is 0 Å². The summed E-state index contributed by atoms with van der Waals surface area (Å²) in [4.78, 5) is 73.8. The predicted molar refractivity (Wildman–Crippen MR) is 198 cm³/mol. The molecule has 1 fully saturated rings. The van der Waals surface area contributed by atoms with Crippen LogP contribution < -0.4 is 35.9 Å². The molecule has 0 saturated heterocycles. The average molecular weight is 740 g/mol. The third kappa shape index (κ3) is 5.39. The van der Waals surface area contributed by atoms with Gasteiger partial charge in [-0.25, -0.2) is 28.5 Å². The molecule has 4 aromatic rings. The molecule has 282 valence electrons. The number of rotatable bonds is 9. The van der Waals surface area contributed by atoms with Crippen LogP contribution in [0.4, 0.5) is 0 Å². The van der Waals surface area contributed by atoms with Crippen LogP contribution in [0.1, 0.15) is 37.6 Å². The van der Waals surface area contributed by atoms with E-state index >= 15 is 0 Å². The van der Waals surface area contributed by atoms with E-state index in [1.807, 2.05) is 12.2 Å². The highest BCUT2D eigenvalue weighted by atomic mass is 16.5. The lowest BCUT2D eigenvalue weighted by Crippen LogP contribution is -2.55. The molecular weight excluding hydrogens is 698 g/mol. The van der Waals surface area contributed by atoms with Crippen LogP contribution in [0.25, 0.3) is 17.1 Å². The van der Waals surface area contributed by atoms with Gasteiger partial charge in [-0.15, -0.1) is 0 Å². The maximum atomic E-state index is 14.2. The van der Waals surface area contributed by atoms with Crippen molar-refractivity contribution in [2.45, 2.75) is 45.8 Å². The highest BCUT2D eigenvalue weighted by Crippen LogP contribution is 2.56. The highest BCUT2D eigenvalue weighted by Gasteiger charge is 2.58. The van der Waals surface area contributed by atoms with Gasteiger partial charge in [-0.3, -0.25) is 14.4 Å². The van der Waals surface area contributed by atoms with Crippen LogP contribution in [0.5, 0.6) is 28.7 Å². The number of aryl methyl sites for hydroxylation is 2. The Bertz CT molecular complexity index is 2510. The number of hydrogen-bond acceptors (Lipinski definition) is 11. The molecule has 15 nitrogen and oxygen atoms in total. The zero-order valence-electron chi connectivity index (χ0n) is 31.0. The quantitative estimate of drug-likeness (QED) is 0.250. The van der Waals surface area contributed by atoms with E-state index in [4.69, 9.17) is 18.9 Å². The van der Waals surface area contributed by atoms with Crippen molar-refractivity contribution in [3.8, 4) is 28.7 Å². The number of hydrogen-bond donors (Lipinski definition) is 1. The van der Waals surface area contributed by atoms with Crippen LogP contribution in [-0.4, -0.2) is 68.6 Å². The molecule has 54 heavy (non-hydrogen) atoms. The summed E-state index contributed by atoms with van der Waals surface area (Å²) in [5.74, 6) is -0.740. The summed E-state index contributed by atoms with van der Waals surface area (Å²) in [5, 5.41) is 10.5. The van der Waals surface area contributed by atoms with Gasteiger partial charge in [0, 0.05) is 44.0 Å². The molecule has 1 aliphatic heterocycles. The number of aromatic hydroxyl groups is 1. The van der Waals surface area contributed by atoms with E-state index < -0.39 is 34.7 Å². The van der Waals surface area contributed by atoms with Gasteiger partial charge < -0.3 is 28.6 Å². The van der Waals surface area contributed by atoms with Crippen molar-refractivity contribution < 1.29 is 33.6 Å². The number of aromatic nitrogens is 5. The number of ether oxygens (including phenoxy) is 4. The van der Waals surface area contributed by atoms with Crippen LogP contribution in [0.15, 0.2) is 68.0 Å². The molecule has 7 rings (SSSR count). The van der Waals surface area contributed by atoms with Gasteiger partial charge in [-0.2, -0.15) is 0 Å². The number of methoxy groups -OCH3 is 4. The van der Waals surface area contributed by atoms with Crippen LogP contribution >= 0.6 is 0 Å². The molecule has 3 aliphatic rings. The fourth-order valence-electron chi connectivity index (χ4n) is 8.41. The summed E-state index contributed by atoms with van der Waals surface area (Å²) in [5.41, 5.74) is 0.119. The molecule has 0 unspecified atom stereocenters. The lowest BCUT2D eigenvalue weighted by molar-refractivity contribution is -0.140. The summed E-state index contributed by atoms with van der Waals surface area (Å²) in [7, 11) is 7.44. The predicted octanol–water partition coefficient (Wildman–Crippen LogP) is 2.98. The van der Waals surface area contributed by atoms with Crippen LogP contribution in [-0.2, 0) is 36.1 Å². The van der Waals surface area contributed by atoms with Crippen molar-refractivity contribution >= 4 is 28.7 Å². The largest absolute Gasteiger partial charge is 0.502 e. The van der Waals surface area contributed by atoms with Crippen molar-refractivity contribution in [2.75, 3.05) is 28.4 Å². The molecule has 0 amide bonds. The van der Waals surface area contributed by atoms with Gasteiger partial charge in [0.1, 0.15) is 5.69 Å². The first kappa shape index (κ1) is 36.2. The first-order valence-electron chi connectivity index (χ1n) is 17.4. The first-order valence-corrected chi connectivity index (χ1v) is 17.4. The average Bonchev–Trinajstić information content (AvgIpc) is 3.41. The van der Waals surface area contributed by atoms with E-state index in [0.29, 0.717) is 33.7 Å².